The molecule has 1 fully saturated rings. The highest BCUT2D eigenvalue weighted by Gasteiger charge is 2.31. The number of halogens is 1. The predicted octanol–water partition coefficient (Wildman–Crippen LogP) is 4.06. The number of carbonyl (C=O) groups excluding carboxylic acids is 2. The normalized spacial score (nSPS) is 17.6. The fraction of sp³-hybridized carbons (Fsp3) is 0.381. The number of likely N-dealkylation sites (tertiary alicyclic amines) is 1. The van der Waals surface area contributed by atoms with E-state index in [0.29, 0.717) is 11.3 Å². The van der Waals surface area contributed by atoms with Crippen LogP contribution in [0.3, 0.4) is 0 Å². The number of hydrazone groups is 1. The van der Waals surface area contributed by atoms with Crippen molar-refractivity contribution in [1.82, 2.24) is 10.3 Å². The summed E-state index contributed by atoms with van der Waals surface area (Å²) in [6, 6.07) is 7.11. The van der Waals surface area contributed by atoms with Gasteiger partial charge in [-0.1, -0.05) is 15.9 Å². The zero-order valence-corrected chi connectivity index (χ0v) is 17.3. The first-order valence-corrected chi connectivity index (χ1v) is 10.4. The third-order valence-electron chi connectivity index (χ3n) is 5.31. The van der Waals surface area contributed by atoms with Crippen molar-refractivity contribution in [3.05, 3.63) is 56.9 Å². The van der Waals surface area contributed by atoms with Crippen molar-refractivity contribution in [2.45, 2.75) is 39.0 Å². The fourth-order valence-corrected chi connectivity index (χ4v) is 4.10. The van der Waals surface area contributed by atoms with E-state index in [1.807, 2.05) is 24.0 Å². The van der Waals surface area contributed by atoms with E-state index in [-0.39, 0.29) is 11.8 Å². The van der Waals surface area contributed by atoms with E-state index in [1.165, 1.54) is 0 Å². The molecular weight excluding hydrogens is 422 g/mol. The Morgan fingerprint density at radius 1 is 1.11 bits per heavy atom. The van der Waals surface area contributed by atoms with Crippen molar-refractivity contribution < 1.29 is 14.0 Å². The van der Waals surface area contributed by atoms with Gasteiger partial charge in [-0.2, -0.15) is 5.10 Å². The molecule has 4 rings (SSSR count). The van der Waals surface area contributed by atoms with Gasteiger partial charge in [0.05, 0.1) is 5.71 Å². The Balaban J connectivity index is 1.57. The number of nitrogens with zero attached hydrogens (tertiary/aromatic N) is 2. The molecule has 0 radical (unpaired) electrons. The topological polar surface area (TPSA) is 74.9 Å². The van der Waals surface area contributed by atoms with Crippen molar-refractivity contribution in [3.63, 3.8) is 0 Å². The number of fused-ring (bicyclic) bond motifs is 1. The van der Waals surface area contributed by atoms with Crippen LogP contribution in [0.25, 0.3) is 0 Å². The minimum Gasteiger partial charge on any atom is -0.455 e. The van der Waals surface area contributed by atoms with Crippen LogP contribution in [-0.4, -0.2) is 35.5 Å². The summed E-state index contributed by atoms with van der Waals surface area (Å²) in [5.41, 5.74) is 5.66. The second-order valence-electron chi connectivity index (χ2n) is 7.21. The Labute approximate surface area is 172 Å². The standard InChI is InChI=1S/C21H22BrN3O3/c1-13-18-16(23-24-20(26)14-7-9-15(22)10-8-14)5-4-6-17(18)28-19(13)21(27)25-11-2-3-12-25/h7-10H,2-6,11-12H2,1H3,(H,24,26)/b23-16+. The van der Waals surface area contributed by atoms with Crippen LogP contribution in [0.2, 0.25) is 0 Å². The number of nitrogens with one attached hydrogen (secondary N) is 1. The van der Waals surface area contributed by atoms with Crippen LogP contribution in [0, 0.1) is 6.92 Å². The lowest BCUT2D eigenvalue weighted by atomic mass is 9.93. The fourth-order valence-electron chi connectivity index (χ4n) is 3.83. The molecule has 1 aromatic heterocycles. The van der Waals surface area contributed by atoms with Gasteiger partial charge in [-0.25, -0.2) is 5.43 Å². The predicted molar refractivity (Wildman–Crippen MR) is 110 cm³/mol. The average Bonchev–Trinajstić information content (AvgIpc) is 3.35. The summed E-state index contributed by atoms with van der Waals surface area (Å²) in [7, 11) is 0. The summed E-state index contributed by atoms with van der Waals surface area (Å²) < 4.78 is 6.87. The van der Waals surface area contributed by atoms with E-state index in [9.17, 15) is 9.59 Å². The Bertz CT molecular complexity index is 941. The highest BCUT2D eigenvalue weighted by molar-refractivity contribution is 9.10. The minimum atomic E-state index is -0.262. The molecule has 1 saturated heterocycles. The van der Waals surface area contributed by atoms with Gasteiger partial charge in [0.2, 0.25) is 0 Å². The Morgan fingerprint density at radius 2 is 1.82 bits per heavy atom. The number of amides is 2. The molecule has 28 heavy (non-hydrogen) atoms. The highest BCUT2D eigenvalue weighted by atomic mass is 79.9. The van der Waals surface area contributed by atoms with Crippen LogP contribution < -0.4 is 5.43 Å². The van der Waals surface area contributed by atoms with Crippen molar-refractivity contribution in [3.8, 4) is 0 Å². The largest absolute Gasteiger partial charge is 0.455 e. The molecule has 0 atom stereocenters. The van der Waals surface area contributed by atoms with E-state index in [2.05, 4.69) is 26.5 Å². The van der Waals surface area contributed by atoms with Crippen LogP contribution in [0.1, 0.15) is 63.5 Å². The summed E-state index contributed by atoms with van der Waals surface area (Å²) in [5, 5.41) is 4.37. The Kier molecular flexibility index (Phi) is 5.35. The molecule has 0 spiro atoms. The molecule has 0 saturated carbocycles. The number of hydrogen-bond donors (Lipinski definition) is 1. The SMILES string of the molecule is Cc1c(C(=O)N2CCCC2)oc2c1/C(=N/NC(=O)c1ccc(Br)cc1)CCC2. The van der Waals surface area contributed by atoms with E-state index in [1.54, 1.807) is 12.1 Å². The number of hydrogen-bond acceptors (Lipinski definition) is 4. The van der Waals surface area contributed by atoms with Crippen LogP contribution in [0.5, 0.6) is 0 Å². The highest BCUT2D eigenvalue weighted by Crippen LogP contribution is 2.31. The first kappa shape index (κ1) is 18.9. The molecule has 146 valence electrons. The summed E-state index contributed by atoms with van der Waals surface area (Å²) in [6.45, 7) is 3.48. The van der Waals surface area contributed by atoms with Gasteiger partial charge >= 0.3 is 0 Å². The summed E-state index contributed by atoms with van der Waals surface area (Å²) in [4.78, 5) is 27.0. The zero-order chi connectivity index (χ0) is 19.7. The van der Waals surface area contributed by atoms with Gasteiger partial charge in [0.25, 0.3) is 11.8 Å². The van der Waals surface area contributed by atoms with Gasteiger partial charge in [0.15, 0.2) is 5.76 Å². The second kappa shape index (κ2) is 7.91. The van der Waals surface area contributed by atoms with E-state index >= 15 is 0 Å². The summed E-state index contributed by atoms with van der Waals surface area (Å²) in [6.07, 6.45) is 4.48. The Morgan fingerprint density at radius 3 is 2.54 bits per heavy atom. The number of benzene rings is 1. The quantitative estimate of drug-likeness (QED) is 0.726. The molecule has 0 bridgehead atoms. The third-order valence-corrected chi connectivity index (χ3v) is 5.84. The summed E-state index contributed by atoms with van der Waals surface area (Å²) >= 11 is 3.36. The number of carbonyl (C=O) groups is 2. The van der Waals surface area contributed by atoms with Gasteiger partial charge < -0.3 is 9.32 Å². The van der Waals surface area contributed by atoms with Gasteiger partial charge in [0, 0.05) is 40.7 Å². The number of furan rings is 1. The maximum Gasteiger partial charge on any atom is 0.289 e. The molecule has 7 heteroatoms. The molecule has 1 N–H and O–H groups in total. The van der Waals surface area contributed by atoms with E-state index in [4.69, 9.17) is 4.42 Å². The van der Waals surface area contributed by atoms with E-state index < -0.39 is 0 Å². The maximum atomic E-state index is 12.8. The third kappa shape index (κ3) is 3.63. The maximum absolute atomic E-state index is 12.8. The number of aryl methyl sites for hydroxylation is 1. The van der Waals surface area contributed by atoms with E-state index in [0.717, 1.165) is 72.3 Å². The molecule has 2 heterocycles. The minimum absolute atomic E-state index is 0.0392. The molecule has 2 aromatic rings. The van der Waals surface area contributed by atoms with Crippen molar-refractivity contribution in [1.29, 1.82) is 0 Å². The molecular formula is C21H22BrN3O3. The molecule has 6 nitrogen and oxygen atoms in total. The van der Waals surface area contributed by atoms with Crippen LogP contribution in [0.4, 0.5) is 0 Å². The Hall–Kier alpha value is -2.41. The molecule has 2 amide bonds. The smallest absolute Gasteiger partial charge is 0.289 e. The second-order valence-corrected chi connectivity index (χ2v) is 8.13. The number of rotatable bonds is 3. The molecule has 1 aliphatic heterocycles. The van der Waals surface area contributed by atoms with Gasteiger partial charge in [-0.05, 0) is 56.9 Å². The van der Waals surface area contributed by atoms with Crippen LogP contribution in [0.15, 0.2) is 38.3 Å². The van der Waals surface area contributed by atoms with Gasteiger partial charge in [-0.15, -0.1) is 0 Å². The van der Waals surface area contributed by atoms with Crippen LogP contribution >= 0.6 is 15.9 Å². The van der Waals surface area contributed by atoms with Gasteiger partial charge in [-0.3, -0.25) is 9.59 Å². The lowest BCUT2D eigenvalue weighted by Gasteiger charge is -2.14. The van der Waals surface area contributed by atoms with Gasteiger partial charge in [0.1, 0.15) is 5.76 Å². The molecule has 1 aromatic carbocycles. The zero-order valence-electron chi connectivity index (χ0n) is 15.8. The van der Waals surface area contributed by atoms with Crippen LogP contribution in [-0.2, 0) is 6.42 Å². The molecule has 0 unspecified atom stereocenters. The first-order valence-electron chi connectivity index (χ1n) is 9.59. The average molecular weight is 444 g/mol. The summed E-state index contributed by atoms with van der Waals surface area (Å²) in [5.74, 6) is 0.910. The first-order chi connectivity index (χ1) is 13.5. The molecule has 1 aliphatic carbocycles. The van der Waals surface area contributed by atoms with Crippen molar-refractivity contribution in [2.24, 2.45) is 5.10 Å². The van der Waals surface area contributed by atoms with Crippen molar-refractivity contribution >= 4 is 33.5 Å². The van der Waals surface area contributed by atoms with Crippen molar-refractivity contribution in [2.75, 3.05) is 13.1 Å². The monoisotopic (exact) mass is 443 g/mol. The lowest BCUT2D eigenvalue weighted by Crippen LogP contribution is -2.27. The lowest BCUT2D eigenvalue weighted by molar-refractivity contribution is 0.0758. The molecule has 2 aliphatic rings.